The van der Waals surface area contributed by atoms with E-state index in [1.807, 2.05) is 26.0 Å². The fraction of sp³-hybridized carbons (Fsp3) is 0.250. The Hall–Kier alpha value is -1.97. The molecule has 2 aromatic heterocycles. The van der Waals surface area contributed by atoms with Crippen LogP contribution in [0.25, 0.3) is 10.2 Å². The van der Waals surface area contributed by atoms with Gasteiger partial charge in [-0.05, 0) is 42.5 Å². The Labute approximate surface area is 153 Å². The molecule has 3 rings (SSSR count). The molecule has 0 atom stereocenters. The van der Waals surface area contributed by atoms with E-state index in [0.29, 0.717) is 0 Å². The standard InChI is InChI=1S/C16H16N2O4S3/c1-10-7-11(2)15-12(8-10)18(9-13(19)22-3)16(24-15)17-25(20,21)14-5-4-6-23-14/h4-8H,9H2,1-3H3/b17-16-. The number of aryl methyl sites for hydroxylation is 2. The molecule has 0 fully saturated rings. The lowest BCUT2D eigenvalue weighted by Gasteiger charge is -2.05. The average Bonchev–Trinajstić information content (AvgIpc) is 3.18. The summed E-state index contributed by atoms with van der Waals surface area (Å²) < 4.78 is 36.4. The van der Waals surface area contributed by atoms with E-state index in [9.17, 15) is 13.2 Å². The van der Waals surface area contributed by atoms with Gasteiger partial charge in [-0.2, -0.15) is 8.42 Å². The van der Waals surface area contributed by atoms with E-state index in [1.54, 1.807) is 16.0 Å². The van der Waals surface area contributed by atoms with Gasteiger partial charge in [-0.1, -0.05) is 23.5 Å². The Kier molecular flexibility index (Phi) is 4.81. The molecule has 0 radical (unpaired) electrons. The fourth-order valence-corrected chi connectivity index (χ4v) is 5.74. The molecular weight excluding hydrogens is 380 g/mol. The van der Waals surface area contributed by atoms with Crippen LogP contribution in [-0.4, -0.2) is 26.1 Å². The smallest absolute Gasteiger partial charge is 0.325 e. The number of benzene rings is 1. The Morgan fingerprint density at radius 1 is 1.32 bits per heavy atom. The van der Waals surface area contributed by atoms with Gasteiger partial charge in [0, 0.05) is 0 Å². The number of hydrogen-bond acceptors (Lipinski definition) is 6. The fourth-order valence-electron chi connectivity index (χ4n) is 2.49. The molecule has 9 heteroatoms. The number of thiazole rings is 1. The summed E-state index contributed by atoms with van der Waals surface area (Å²) in [6.07, 6.45) is 0. The van der Waals surface area contributed by atoms with Crippen molar-refractivity contribution in [1.82, 2.24) is 4.57 Å². The van der Waals surface area contributed by atoms with Crippen molar-refractivity contribution in [2.45, 2.75) is 24.6 Å². The van der Waals surface area contributed by atoms with Gasteiger partial charge >= 0.3 is 5.97 Å². The number of carbonyl (C=O) groups is 1. The quantitative estimate of drug-likeness (QED) is 0.636. The summed E-state index contributed by atoms with van der Waals surface area (Å²) in [5.74, 6) is -0.464. The molecule has 0 bridgehead atoms. The Morgan fingerprint density at radius 2 is 2.08 bits per heavy atom. The van der Waals surface area contributed by atoms with Gasteiger partial charge in [0.2, 0.25) is 4.80 Å². The highest BCUT2D eigenvalue weighted by molar-refractivity contribution is 7.92. The minimum absolute atomic E-state index is 0.0990. The predicted molar refractivity (Wildman–Crippen MR) is 98.4 cm³/mol. The highest BCUT2D eigenvalue weighted by Crippen LogP contribution is 2.24. The van der Waals surface area contributed by atoms with Gasteiger partial charge in [0.15, 0.2) is 0 Å². The molecule has 0 saturated carbocycles. The number of hydrogen-bond donors (Lipinski definition) is 0. The summed E-state index contributed by atoms with van der Waals surface area (Å²) in [4.78, 5) is 12.1. The molecule has 0 amide bonds. The molecule has 0 saturated heterocycles. The number of thiophene rings is 1. The zero-order valence-electron chi connectivity index (χ0n) is 13.8. The SMILES string of the molecule is COC(=O)Cn1/c(=N/S(=O)(=O)c2cccs2)sc2c(C)cc(C)cc21. The molecule has 0 aliphatic carbocycles. The summed E-state index contributed by atoms with van der Waals surface area (Å²) in [6, 6.07) is 7.10. The number of aromatic nitrogens is 1. The normalized spacial score (nSPS) is 12.7. The Balaban J connectivity index is 2.30. The van der Waals surface area contributed by atoms with Crippen LogP contribution in [0.1, 0.15) is 11.1 Å². The monoisotopic (exact) mass is 396 g/mol. The summed E-state index contributed by atoms with van der Waals surface area (Å²) in [7, 11) is -2.53. The summed E-state index contributed by atoms with van der Waals surface area (Å²) in [6.45, 7) is 3.80. The molecule has 0 N–H and O–H groups in total. The molecule has 0 aliphatic heterocycles. The van der Waals surface area contributed by atoms with Gasteiger partial charge in [0.1, 0.15) is 10.8 Å². The van der Waals surface area contributed by atoms with E-state index in [4.69, 9.17) is 4.74 Å². The molecule has 6 nitrogen and oxygen atoms in total. The molecular formula is C16H16N2O4S3. The van der Waals surface area contributed by atoms with Crippen molar-refractivity contribution in [3.63, 3.8) is 0 Å². The highest BCUT2D eigenvalue weighted by Gasteiger charge is 2.18. The summed E-state index contributed by atoms with van der Waals surface area (Å²) in [5, 5.41) is 1.68. The maximum atomic E-state index is 12.5. The van der Waals surface area contributed by atoms with Crippen LogP contribution in [0, 0.1) is 13.8 Å². The molecule has 0 unspecified atom stereocenters. The van der Waals surface area contributed by atoms with Crippen LogP contribution in [0.3, 0.4) is 0 Å². The van der Waals surface area contributed by atoms with Crippen LogP contribution >= 0.6 is 22.7 Å². The van der Waals surface area contributed by atoms with Crippen LogP contribution in [-0.2, 0) is 26.1 Å². The van der Waals surface area contributed by atoms with Crippen molar-refractivity contribution < 1.29 is 17.9 Å². The number of esters is 1. The number of sulfonamides is 1. The Morgan fingerprint density at radius 3 is 2.72 bits per heavy atom. The van der Waals surface area contributed by atoms with Crippen molar-refractivity contribution in [2.24, 2.45) is 4.40 Å². The van der Waals surface area contributed by atoms with Gasteiger partial charge in [0.25, 0.3) is 10.0 Å². The third kappa shape index (κ3) is 3.53. The van der Waals surface area contributed by atoms with Crippen molar-refractivity contribution in [3.8, 4) is 0 Å². The second-order valence-corrected chi connectivity index (χ2v) is 9.23. The van der Waals surface area contributed by atoms with Crippen molar-refractivity contribution in [3.05, 3.63) is 45.6 Å². The minimum atomic E-state index is -3.82. The zero-order chi connectivity index (χ0) is 18.2. The molecule has 1 aromatic carbocycles. The lowest BCUT2D eigenvalue weighted by molar-refractivity contribution is -0.141. The van der Waals surface area contributed by atoms with E-state index in [1.165, 1.54) is 24.5 Å². The summed E-state index contributed by atoms with van der Waals surface area (Å²) >= 11 is 2.36. The van der Waals surface area contributed by atoms with Gasteiger partial charge in [-0.15, -0.1) is 15.7 Å². The third-order valence-corrected chi connectivity index (χ3v) is 7.56. The number of carbonyl (C=O) groups excluding carboxylic acids is 1. The molecule has 132 valence electrons. The second kappa shape index (κ2) is 6.74. The van der Waals surface area contributed by atoms with Crippen molar-refractivity contribution >= 4 is 48.9 Å². The lowest BCUT2D eigenvalue weighted by atomic mass is 10.1. The number of methoxy groups -OCH3 is 1. The van der Waals surface area contributed by atoms with Crippen LogP contribution in [0.5, 0.6) is 0 Å². The predicted octanol–water partition coefficient (Wildman–Crippen LogP) is 2.84. The van der Waals surface area contributed by atoms with Gasteiger partial charge in [0.05, 0.1) is 17.3 Å². The molecule has 3 aromatic rings. The first kappa shape index (κ1) is 17.8. The highest BCUT2D eigenvalue weighted by atomic mass is 32.2. The van der Waals surface area contributed by atoms with Crippen LogP contribution in [0.2, 0.25) is 0 Å². The average molecular weight is 397 g/mol. The van der Waals surface area contributed by atoms with E-state index < -0.39 is 16.0 Å². The van der Waals surface area contributed by atoms with Crippen LogP contribution in [0.4, 0.5) is 0 Å². The van der Waals surface area contributed by atoms with E-state index in [2.05, 4.69) is 4.40 Å². The number of rotatable bonds is 4. The lowest BCUT2D eigenvalue weighted by Crippen LogP contribution is -2.22. The molecule has 25 heavy (non-hydrogen) atoms. The topological polar surface area (TPSA) is 77.7 Å². The van der Waals surface area contributed by atoms with Crippen molar-refractivity contribution in [2.75, 3.05) is 7.11 Å². The minimum Gasteiger partial charge on any atom is -0.468 e. The Bertz CT molecular complexity index is 1110. The number of nitrogens with zero attached hydrogens (tertiary/aromatic N) is 2. The largest absolute Gasteiger partial charge is 0.468 e. The van der Waals surface area contributed by atoms with E-state index in [0.717, 1.165) is 32.7 Å². The maximum absolute atomic E-state index is 12.5. The maximum Gasteiger partial charge on any atom is 0.325 e. The first-order valence-electron chi connectivity index (χ1n) is 7.34. The van der Waals surface area contributed by atoms with Gasteiger partial charge in [-0.25, -0.2) is 0 Å². The number of ether oxygens (including phenoxy) is 1. The van der Waals surface area contributed by atoms with Gasteiger partial charge < -0.3 is 9.30 Å². The first-order valence-corrected chi connectivity index (χ1v) is 10.5. The first-order chi connectivity index (χ1) is 11.8. The van der Waals surface area contributed by atoms with Crippen LogP contribution < -0.4 is 4.80 Å². The van der Waals surface area contributed by atoms with Crippen molar-refractivity contribution in [1.29, 1.82) is 0 Å². The molecule has 2 heterocycles. The molecule has 0 aliphatic rings. The zero-order valence-corrected chi connectivity index (χ0v) is 16.3. The van der Waals surface area contributed by atoms with E-state index >= 15 is 0 Å². The van der Waals surface area contributed by atoms with Crippen LogP contribution in [0.15, 0.2) is 38.3 Å². The van der Waals surface area contributed by atoms with E-state index in [-0.39, 0.29) is 15.6 Å². The second-order valence-electron chi connectivity index (χ2n) is 5.48. The summed E-state index contributed by atoms with van der Waals surface area (Å²) in [5.41, 5.74) is 2.80. The van der Waals surface area contributed by atoms with Gasteiger partial charge in [-0.3, -0.25) is 4.79 Å². The molecule has 0 spiro atoms. The number of fused-ring (bicyclic) bond motifs is 1. The third-order valence-electron chi connectivity index (χ3n) is 3.58.